The zero-order chi connectivity index (χ0) is 16.9. The first-order valence-electron chi connectivity index (χ1n) is 9.18. The van der Waals surface area contributed by atoms with Gasteiger partial charge in [0.25, 0.3) is 0 Å². The molecule has 1 aromatic heterocycles. The highest BCUT2D eigenvalue weighted by Gasteiger charge is 2.26. The van der Waals surface area contributed by atoms with E-state index < -0.39 is 0 Å². The van der Waals surface area contributed by atoms with Crippen LogP contribution >= 0.6 is 0 Å². The first kappa shape index (κ1) is 17.4. The number of nitrogens with zero attached hydrogens (tertiary/aromatic N) is 4. The minimum Gasteiger partial charge on any atom is -0.352 e. The average molecular weight is 335 g/mol. The Bertz CT molecular complexity index is 533. The van der Waals surface area contributed by atoms with E-state index in [1.54, 1.807) is 0 Å². The van der Waals surface area contributed by atoms with Gasteiger partial charge < -0.3 is 9.84 Å². The molecule has 2 heterocycles. The summed E-state index contributed by atoms with van der Waals surface area (Å²) in [4.78, 5) is 21.1. The number of aromatic nitrogens is 2. The Morgan fingerprint density at radius 1 is 1.25 bits per heavy atom. The van der Waals surface area contributed by atoms with Crippen molar-refractivity contribution in [2.24, 2.45) is 0 Å². The molecule has 1 aliphatic carbocycles. The Kier molecular flexibility index (Phi) is 5.84. The second-order valence-electron chi connectivity index (χ2n) is 7.07. The van der Waals surface area contributed by atoms with Crippen LogP contribution in [0, 0.1) is 6.92 Å². The number of amides is 1. The molecule has 2 fully saturated rings. The molecular weight excluding hydrogens is 306 g/mol. The van der Waals surface area contributed by atoms with Crippen LogP contribution in [0.3, 0.4) is 0 Å². The molecule has 1 saturated heterocycles. The van der Waals surface area contributed by atoms with Gasteiger partial charge in [-0.25, -0.2) is 0 Å². The van der Waals surface area contributed by atoms with Gasteiger partial charge in [0, 0.05) is 32.2 Å². The first-order valence-corrected chi connectivity index (χ1v) is 9.18. The fourth-order valence-electron chi connectivity index (χ4n) is 3.67. The Balaban J connectivity index is 1.40. The average Bonchev–Trinajstić information content (AvgIpc) is 3.02. The maximum Gasteiger partial charge on any atom is 0.243 e. The van der Waals surface area contributed by atoms with Crippen LogP contribution in [0.5, 0.6) is 0 Å². The smallest absolute Gasteiger partial charge is 0.243 e. The van der Waals surface area contributed by atoms with Crippen molar-refractivity contribution in [3.63, 3.8) is 0 Å². The number of hydrogen-bond acceptors (Lipinski definition) is 6. The molecule has 1 saturated carbocycles. The summed E-state index contributed by atoms with van der Waals surface area (Å²) < 4.78 is 5.27. The van der Waals surface area contributed by atoms with Crippen LogP contribution in [0.1, 0.15) is 56.8 Å². The molecule has 1 unspecified atom stereocenters. The van der Waals surface area contributed by atoms with Gasteiger partial charge in [-0.05, 0) is 26.7 Å². The number of hydrogen-bond donors (Lipinski definition) is 1. The lowest BCUT2D eigenvalue weighted by atomic mass is 9.95. The van der Waals surface area contributed by atoms with Crippen molar-refractivity contribution in [2.75, 3.05) is 32.7 Å². The van der Waals surface area contributed by atoms with Gasteiger partial charge in [0.15, 0.2) is 5.82 Å². The Labute approximate surface area is 143 Å². The standard InChI is InChI=1S/C17H29N5O2/c1-13(17-18-14(2)20-24-17)22-10-8-21(9-11-22)12-16(23)19-15-6-4-3-5-7-15/h13,15H,3-12H2,1-2H3,(H,19,23). The molecule has 2 aliphatic rings. The highest BCUT2D eigenvalue weighted by Crippen LogP contribution is 2.20. The van der Waals surface area contributed by atoms with Crippen molar-refractivity contribution in [1.82, 2.24) is 25.3 Å². The van der Waals surface area contributed by atoms with Gasteiger partial charge in [0.05, 0.1) is 12.6 Å². The summed E-state index contributed by atoms with van der Waals surface area (Å²) in [5, 5.41) is 7.07. The van der Waals surface area contributed by atoms with Gasteiger partial charge in [-0.3, -0.25) is 14.6 Å². The maximum absolute atomic E-state index is 12.2. The molecule has 24 heavy (non-hydrogen) atoms. The van der Waals surface area contributed by atoms with Crippen LogP contribution in [0.25, 0.3) is 0 Å². The van der Waals surface area contributed by atoms with Crippen molar-refractivity contribution < 1.29 is 9.32 Å². The zero-order valence-electron chi connectivity index (χ0n) is 14.8. The summed E-state index contributed by atoms with van der Waals surface area (Å²) in [5.74, 6) is 1.53. The molecule has 1 amide bonds. The van der Waals surface area contributed by atoms with E-state index in [2.05, 4.69) is 32.2 Å². The molecule has 1 aliphatic heterocycles. The number of nitrogens with one attached hydrogen (secondary N) is 1. The van der Waals surface area contributed by atoms with Gasteiger partial charge in [0.2, 0.25) is 11.8 Å². The van der Waals surface area contributed by atoms with Gasteiger partial charge in [-0.1, -0.05) is 24.4 Å². The molecule has 1 aromatic rings. The van der Waals surface area contributed by atoms with E-state index >= 15 is 0 Å². The fraction of sp³-hybridized carbons (Fsp3) is 0.824. The van der Waals surface area contributed by atoms with E-state index in [1.165, 1.54) is 19.3 Å². The van der Waals surface area contributed by atoms with Crippen LogP contribution in [0.4, 0.5) is 0 Å². The van der Waals surface area contributed by atoms with E-state index in [0.29, 0.717) is 24.3 Å². The number of aryl methyl sites for hydroxylation is 1. The lowest BCUT2D eigenvalue weighted by Crippen LogP contribution is -2.51. The molecule has 7 nitrogen and oxygen atoms in total. The van der Waals surface area contributed by atoms with Gasteiger partial charge >= 0.3 is 0 Å². The molecule has 134 valence electrons. The van der Waals surface area contributed by atoms with Crippen LogP contribution in [-0.2, 0) is 4.79 Å². The Morgan fingerprint density at radius 3 is 2.58 bits per heavy atom. The van der Waals surface area contributed by atoms with Crippen molar-refractivity contribution in [3.05, 3.63) is 11.7 Å². The van der Waals surface area contributed by atoms with E-state index in [0.717, 1.165) is 39.0 Å². The summed E-state index contributed by atoms with van der Waals surface area (Å²) in [5.41, 5.74) is 0. The molecule has 0 aromatic carbocycles. The maximum atomic E-state index is 12.2. The normalized spacial score (nSPS) is 22.4. The second kappa shape index (κ2) is 8.07. The second-order valence-corrected chi connectivity index (χ2v) is 7.07. The summed E-state index contributed by atoms with van der Waals surface area (Å²) in [6.07, 6.45) is 6.08. The highest BCUT2D eigenvalue weighted by molar-refractivity contribution is 5.78. The molecule has 0 bridgehead atoms. The zero-order valence-corrected chi connectivity index (χ0v) is 14.8. The highest BCUT2D eigenvalue weighted by atomic mass is 16.5. The molecular formula is C17H29N5O2. The lowest BCUT2D eigenvalue weighted by Gasteiger charge is -2.36. The molecule has 7 heteroatoms. The minimum atomic E-state index is 0.129. The van der Waals surface area contributed by atoms with Crippen molar-refractivity contribution >= 4 is 5.91 Å². The summed E-state index contributed by atoms with van der Waals surface area (Å²) in [6, 6.07) is 0.526. The number of carbonyl (C=O) groups excluding carboxylic acids is 1. The van der Waals surface area contributed by atoms with Crippen molar-refractivity contribution in [2.45, 2.75) is 58.0 Å². The number of carbonyl (C=O) groups is 1. The topological polar surface area (TPSA) is 74.5 Å². The minimum absolute atomic E-state index is 0.129. The monoisotopic (exact) mass is 335 g/mol. The SMILES string of the molecule is Cc1noc(C(C)N2CCN(CC(=O)NC3CCCCC3)CC2)n1. The summed E-state index contributed by atoms with van der Waals surface area (Å²) in [7, 11) is 0. The third-order valence-corrected chi connectivity index (χ3v) is 5.19. The molecule has 0 radical (unpaired) electrons. The van der Waals surface area contributed by atoms with E-state index in [9.17, 15) is 4.79 Å². The molecule has 0 spiro atoms. The van der Waals surface area contributed by atoms with E-state index in [-0.39, 0.29) is 11.9 Å². The van der Waals surface area contributed by atoms with E-state index in [4.69, 9.17) is 4.52 Å². The summed E-state index contributed by atoms with van der Waals surface area (Å²) in [6.45, 7) is 8.07. The molecule has 1 atom stereocenters. The summed E-state index contributed by atoms with van der Waals surface area (Å²) >= 11 is 0. The van der Waals surface area contributed by atoms with Crippen molar-refractivity contribution in [1.29, 1.82) is 0 Å². The van der Waals surface area contributed by atoms with Crippen molar-refractivity contribution in [3.8, 4) is 0 Å². The third-order valence-electron chi connectivity index (χ3n) is 5.19. The molecule has 3 rings (SSSR count). The van der Waals surface area contributed by atoms with Crippen LogP contribution in [-0.4, -0.2) is 64.6 Å². The largest absolute Gasteiger partial charge is 0.352 e. The van der Waals surface area contributed by atoms with Crippen LogP contribution < -0.4 is 5.32 Å². The van der Waals surface area contributed by atoms with Gasteiger partial charge in [-0.2, -0.15) is 4.98 Å². The van der Waals surface area contributed by atoms with Gasteiger partial charge in [0.1, 0.15) is 0 Å². The number of rotatable bonds is 5. The predicted molar refractivity (Wildman–Crippen MR) is 90.5 cm³/mol. The van der Waals surface area contributed by atoms with Crippen LogP contribution in [0.2, 0.25) is 0 Å². The first-order chi connectivity index (χ1) is 11.6. The third kappa shape index (κ3) is 4.54. The quantitative estimate of drug-likeness (QED) is 0.879. The van der Waals surface area contributed by atoms with Crippen LogP contribution in [0.15, 0.2) is 4.52 Å². The fourth-order valence-corrected chi connectivity index (χ4v) is 3.67. The lowest BCUT2D eigenvalue weighted by molar-refractivity contribution is -0.123. The predicted octanol–water partition coefficient (Wildman–Crippen LogP) is 1.51. The van der Waals surface area contributed by atoms with E-state index in [1.807, 2.05) is 6.92 Å². The van der Waals surface area contributed by atoms with Gasteiger partial charge in [-0.15, -0.1) is 0 Å². The molecule has 1 N–H and O–H groups in total. The Hall–Kier alpha value is -1.47. The Morgan fingerprint density at radius 2 is 1.96 bits per heavy atom. The number of piperazine rings is 1.